The van der Waals surface area contributed by atoms with Crippen LogP contribution in [-0.2, 0) is 11.4 Å². The number of thioether (sulfide) groups is 1. The molecule has 1 amide bonds. The highest BCUT2D eigenvalue weighted by atomic mass is 79.9. The van der Waals surface area contributed by atoms with Gasteiger partial charge in [0.1, 0.15) is 6.61 Å². The zero-order valence-electron chi connectivity index (χ0n) is 18.2. The van der Waals surface area contributed by atoms with Crippen molar-refractivity contribution in [2.75, 3.05) is 11.5 Å². The van der Waals surface area contributed by atoms with Crippen molar-refractivity contribution in [3.63, 3.8) is 0 Å². The van der Waals surface area contributed by atoms with Crippen LogP contribution in [0.4, 0.5) is 5.69 Å². The standard InChI is InChI=1S/C26H22BrNO3S2/c1-3-30-22-14-19(13-21(27)24(22)31-16-18-9-5-4-6-10-18)15-23-25(29)28(26(32)33-23)20-11-7-8-17(2)12-20/h4-15H,3,16H2,1-2H3/b23-15-. The molecule has 3 aromatic rings. The number of hydrogen-bond donors (Lipinski definition) is 0. The summed E-state index contributed by atoms with van der Waals surface area (Å²) in [6, 6.07) is 21.5. The van der Waals surface area contributed by atoms with Crippen LogP contribution < -0.4 is 14.4 Å². The zero-order chi connectivity index (χ0) is 23.4. The SMILES string of the molecule is CCOc1cc(/C=C2\SC(=S)N(c3cccc(C)c3)C2=O)cc(Br)c1OCc1ccccc1. The fourth-order valence-electron chi connectivity index (χ4n) is 3.41. The molecule has 0 aliphatic carbocycles. The van der Waals surface area contributed by atoms with Gasteiger partial charge in [0, 0.05) is 0 Å². The fourth-order valence-corrected chi connectivity index (χ4v) is 5.29. The molecule has 3 aromatic carbocycles. The molecule has 33 heavy (non-hydrogen) atoms. The molecule has 4 nitrogen and oxygen atoms in total. The summed E-state index contributed by atoms with van der Waals surface area (Å²) < 4.78 is 13.2. The molecule has 1 fully saturated rings. The van der Waals surface area contributed by atoms with Crippen molar-refractivity contribution in [2.45, 2.75) is 20.5 Å². The van der Waals surface area contributed by atoms with Gasteiger partial charge in [-0.3, -0.25) is 9.69 Å². The van der Waals surface area contributed by atoms with E-state index in [-0.39, 0.29) is 5.91 Å². The average Bonchev–Trinajstić information content (AvgIpc) is 3.07. The van der Waals surface area contributed by atoms with E-state index in [2.05, 4.69) is 15.9 Å². The molecule has 1 aliphatic heterocycles. The second-order valence-corrected chi connectivity index (χ2v) is 9.92. The molecule has 0 spiro atoms. The van der Waals surface area contributed by atoms with Gasteiger partial charge in [-0.25, -0.2) is 0 Å². The Morgan fingerprint density at radius 3 is 2.58 bits per heavy atom. The quantitative estimate of drug-likeness (QED) is 0.235. The Morgan fingerprint density at radius 2 is 1.85 bits per heavy atom. The largest absolute Gasteiger partial charge is 0.490 e. The Hall–Kier alpha value is -2.61. The van der Waals surface area contributed by atoms with E-state index >= 15 is 0 Å². The molecule has 0 unspecified atom stereocenters. The molecule has 0 N–H and O–H groups in total. The smallest absolute Gasteiger partial charge is 0.270 e. The van der Waals surface area contributed by atoms with E-state index in [1.807, 2.05) is 86.7 Å². The van der Waals surface area contributed by atoms with Crippen LogP contribution in [0.25, 0.3) is 6.08 Å². The average molecular weight is 541 g/mol. The summed E-state index contributed by atoms with van der Waals surface area (Å²) in [5.41, 5.74) is 3.74. The van der Waals surface area contributed by atoms with Crippen molar-refractivity contribution in [3.05, 3.63) is 92.8 Å². The van der Waals surface area contributed by atoms with E-state index in [1.165, 1.54) is 11.8 Å². The van der Waals surface area contributed by atoms with Crippen LogP contribution in [0.15, 0.2) is 76.1 Å². The van der Waals surface area contributed by atoms with Crippen LogP contribution in [0.1, 0.15) is 23.6 Å². The maximum atomic E-state index is 13.1. The molecular weight excluding hydrogens is 518 g/mol. The number of halogens is 1. The predicted octanol–water partition coefficient (Wildman–Crippen LogP) is 7.14. The highest BCUT2D eigenvalue weighted by Gasteiger charge is 2.33. The predicted molar refractivity (Wildman–Crippen MR) is 143 cm³/mol. The van der Waals surface area contributed by atoms with Gasteiger partial charge in [-0.1, -0.05) is 66.4 Å². The third-order valence-electron chi connectivity index (χ3n) is 4.91. The number of anilines is 1. The first-order valence-corrected chi connectivity index (χ1v) is 12.5. The van der Waals surface area contributed by atoms with Crippen LogP contribution in [0.2, 0.25) is 0 Å². The molecular formula is C26H22BrNO3S2. The van der Waals surface area contributed by atoms with Crippen LogP contribution in [-0.4, -0.2) is 16.8 Å². The number of nitrogens with zero attached hydrogens (tertiary/aromatic N) is 1. The van der Waals surface area contributed by atoms with Gasteiger partial charge in [0.05, 0.1) is 21.7 Å². The van der Waals surface area contributed by atoms with E-state index in [0.717, 1.165) is 26.9 Å². The minimum Gasteiger partial charge on any atom is -0.490 e. The molecule has 168 valence electrons. The minimum absolute atomic E-state index is 0.130. The Kier molecular flexibility index (Phi) is 7.53. The van der Waals surface area contributed by atoms with E-state index in [4.69, 9.17) is 21.7 Å². The Bertz CT molecular complexity index is 1230. The highest BCUT2D eigenvalue weighted by molar-refractivity contribution is 9.10. The lowest BCUT2D eigenvalue weighted by molar-refractivity contribution is -0.113. The first-order valence-electron chi connectivity index (χ1n) is 10.4. The molecule has 4 rings (SSSR count). The summed E-state index contributed by atoms with van der Waals surface area (Å²) >= 11 is 10.4. The number of benzene rings is 3. The van der Waals surface area contributed by atoms with Crippen molar-refractivity contribution < 1.29 is 14.3 Å². The normalized spacial score (nSPS) is 14.8. The molecule has 0 radical (unpaired) electrons. The van der Waals surface area contributed by atoms with Crippen LogP contribution in [0.3, 0.4) is 0 Å². The number of carbonyl (C=O) groups excluding carboxylic acids is 1. The van der Waals surface area contributed by atoms with Gasteiger partial charge < -0.3 is 9.47 Å². The Labute approximate surface area is 211 Å². The lowest BCUT2D eigenvalue weighted by Crippen LogP contribution is -2.27. The molecule has 1 saturated heterocycles. The first kappa shape index (κ1) is 23.5. The molecule has 0 saturated carbocycles. The van der Waals surface area contributed by atoms with Crippen molar-refractivity contribution in [1.82, 2.24) is 0 Å². The van der Waals surface area contributed by atoms with Gasteiger partial charge in [0.2, 0.25) is 0 Å². The van der Waals surface area contributed by atoms with E-state index in [0.29, 0.717) is 33.9 Å². The Morgan fingerprint density at radius 1 is 1.06 bits per heavy atom. The molecule has 1 heterocycles. The third-order valence-corrected chi connectivity index (χ3v) is 6.80. The molecule has 0 atom stereocenters. The Balaban J connectivity index is 1.61. The summed E-state index contributed by atoms with van der Waals surface area (Å²) in [7, 11) is 0. The van der Waals surface area contributed by atoms with Gasteiger partial charge in [-0.05, 0) is 76.8 Å². The fraction of sp³-hybridized carbons (Fsp3) is 0.154. The van der Waals surface area contributed by atoms with Crippen molar-refractivity contribution >= 4 is 61.9 Å². The summed E-state index contributed by atoms with van der Waals surface area (Å²) in [5, 5.41) is 0. The summed E-state index contributed by atoms with van der Waals surface area (Å²) in [6.07, 6.45) is 1.84. The van der Waals surface area contributed by atoms with Crippen LogP contribution in [0, 0.1) is 6.92 Å². The number of ether oxygens (including phenoxy) is 2. The molecule has 1 aliphatic rings. The van der Waals surface area contributed by atoms with Crippen LogP contribution in [0.5, 0.6) is 11.5 Å². The summed E-state index contributed by atoms with van der Waals surface area (Å²) in [4.78, 5) is 15.3. The van der Waals surface area contributed by atoms with Crippen molar-refractivity contribution in [2.24, 2.45) is 0 Å². The molecule has 7 heteroatoms. The molecule has 0 bridgehead atoms. The third kappa shape index (κ3) is 5.49. The first-order chi connectivity index (χ1) is 16.0. The van der Waals surface area contributed by atoms with Gasteiger partial charge >= 0.3 is 0 Å². The van der Waals surface area contributed by atoms with Gasteiger partial charge in [-0.15, -0.1) is 0 Å². The number of aryl methyl sites for hydroxylation is 1. The second kappa shape index (κ2) is 10.5. The van der Waals surface area contributed by atoms with Crippen molar-refractivity contribution in [3.8, 4) is 11.5 Å². The second-order valence-electron chi connectivity index (χ2n) is 7.39. The van der Waals surface area contributed by atoms with E-state index < -0.39 is 0 Å². The number of thiocarbonyl (C=S) groups is 1. The van der Waals surface area contributed by atoms with Gasteiger partial charge in [-0.2, -0.15) is 0 Å². The number of rotatable bonds is 7. The van der Waals surface area contributed by atoms with E-state index in [9.17, 15) is 4.79 Å². The maximum Gasteiger partial charge on any atom is 0.270 e. The van der Waals surface area contributed by atoms with Gasteiger partial charge in [0.25, 0.3) is 5.91 Å². The lowest BCUT2D eigenvalue weighted by Gasteiger charge is -2.15. The summed E-state index contributed by atoms with van der Waals surface area (Å²) in [5.74, 6) is 1.11. The summed E-state index contributed by atoms with van der Waals surface area (Å²) in [6.45, 7) is 4.83. The maximum absolute atomic E-state index is 13.1. The van der Waals surface area contributed by atoms with Crippen LogP contribution >= 0.6 is 39.9 Å². The topological polar surface area (TPSA) is 38.8 Å². The zero-order valence-corrected chi connectivity index (χ0v) is 21.4. The number of carbonyl (C=O) groups is 1. The lowest BCUT2D eigenvalue weighted by atomic mass is 10.1. The highest BCUT2D eigenvalue weighted by Crippen LogP contribution is 2.40. The van der Waals surface area contributed by atoms with E-state index in [1.54, 1.807) is 4.90 Å². The monoisotopic (exact) mass is 539 g/mol. The van der Waals surface area contributed by atoms with Gasteiger partial charge in [0.15, 0.2) is 15.8 Å². The molecule has 0 aromatic heterocycles. The number of hydrogen-bond acceptors (Lipinski definition) is 5. The van der Waals surface area contributed by atoms with Crippen molar-refractivity contribution in [1.29, 1.82) is 0 Å². The minimum atomic E-state index is -0.130. The number of amides is 1.